The van der Waals surface area contributed by atoms with Crippen molar-refractivity contribution in [3.8, 4) is 0 Å². The smallest absolute Gasteiger partial charge is 0.0480 e. The monoisotopic (exact) mass is 168 g/mol. The van der Waals surface area contributed by atoms with Gasteiger partial charge < -0.3 is 15.5 Å². The largest absolute Gasteiger partial charge is 0.385 e. The molecule has 1 heterocycles. The lowest BCUT2D eigenvalue weighted by Gasteiger charge is -2.09. The van der Waals surface area contributed by atoms with Gasteiger partial charge in [0.15, 0.2) is 0 Å². The Bertz CT molecular complexity index is 232. The second kappa shape index (κ2) is 4.28. The normalized spacial score (nSPS) is 13.2. The Morgan fingerprint density at radius 3 is 2.83 bits per heavy atom. The fraction of sp³-hybridized carbons (Fsp3) is 0.556. The first kappa shape index (κ1) is 9.29. The van der Waals surface area contributed by atoms with Crippen molar-refractivity contribution in [1.29, 1.82) is 0 Å². The Balaban J connectivity index is 2.52. The topological polar surface area (TPSA) is 51.0 Å². The van der Waals surface area contributed by atoms with Gasteiger partial charge in [-0.15, -0.1) is 0 Å². The van der Waals surface area contributed by atoms with Gasteiger partial charge >= 0.3 is 0 Å². The Morgan fingerprint density at radius 2 is 2.33 bits per heavy atom. The number of aryl methyl sites for hydroxylation is 1. The van der Waals surface area contributed by atoms with E-state index in [2.05, 4.69) is 11.9 Å². The number of aromatic nitrogens is 1. The van der Waals surface area contributed by atoms with Gasteiger partial charge in [0.25, 0.3) is 0 Å². The summed E-state index contributed by atoms with van der Waals surface area (Å²) < 4.78 is 4.96. The highest BCUT2D eigenvalue weighted by molar-refractivity contribution is 5.24. The molecule has 0 radical (unpaired) electrons. The van der Waals surface area contributed by atoms with Gasteiger partial charge in [-0.2, -0.15) is 0 Å². The number of H-pyrrole nitrogens is 1. The summed E-state index contributed by atoms with van der Waals surface area (Å²) in [6.45, 7) is 2.77. The average molecular weight is 168 g/mol. The highest BCUT2D eigenvalue weighted by Gasteiger charge is 2.08. The molecule has 1 atom stereocenters. The van der Waals surface area contributed by atoms with Crippen LogP contribution in [-0.2, 0) is 4.74 Å². The van der Waals surface area contributed by atoms with Crippen LogP contribution in [0.4, 0.5) is 0 Å². The van der Waals surface area contributed by atoms with Gasteiger partial charge in [-0.3, -0.25) is 0 Å². The van der Waals surface area contributed by atoms with Crippen molar-refractivity contribution >= 4 is 0 Å². The van der Waals surface area contributed by atoms with E-state index in [9.17, 15) is 0 Å². The van der Waals surface area contributed by atoms with E-state index < -0.39 is 0 Å². The summed E-state index contributed by atoms with van der Waals surface area (Å²) in [6.07, 6.45) is 4.78. The number of hydrogen-bond donors (Lipinski definition) is 2. The van der Waals surface area contributed by atoms with Gasteiger partial charge in [-0.1, -0.05) is 0 Å². The minimum atomic E-state index is 0.0937. The number of methoxy groups -OCH3 is 1. The number of nitrogens with one attached hydrogen (secondary N) is 1. The minimum Gasteiger partial charge on any atom is -0.385 e. The first-order valence-corrected chi connectivity index (χ1v) is 4.13. The van der Waals surface area contributed by atoms with Crippen molar-refractivity contribution in [2.24, 2.45) is 5.73 Å². The van der Waals surface area contributed by atoms with E-state index in [1.54, 1.807) is 7.11 Å². The van der Waals surface area contributed by atoms with E-state index >= 15 is 0 Å². The highest BCUT2D eigenvalue weighted by atomic mass is 16.5. The molecule has 0 bridgehead atoms. The zero-order valence-electron chi connectivity index (χ0n) is 7.63. The van der Waals surface area contributed by atoms with Crippen LogP contribution in [0.1, 0.15) is 23.6 Å². The molecule has 0 aliphatic rings. The molecule has 0 aliphatic heterocycles. The van der Waals surface area contributed by atoms with Crippen molar-refractivity contribution in [3.63, 3.8) is 0 Å². The molecule has 0 unspecified atom stereocenters. The molecule has 12 heavy (non-hydrogen) atoms. The zero-order valence-corrected chi connectivity index (χ0v) is 7.63. The van der Waals surface area contributed by atoms with E-state index in [4.69, 9.17) is 10.5 Å². The Hall–Kier alpha value is -0.800. The maximum absolute atomic E-state index is 5.93. The predicted molar refractivity (Wildman–Crippen MR) is 49.0 cm³/mol. The van der Waals surface area contributed by atoms with Crippen LogP contribution >= 0.6 is 0 Å². The maximum Gasteiger partial charge on any atom is 0.0480 e. The van der Waals surface area contributed by atoms with Crippen molar-refractivity contribution < 1.29 is 4.74 Å². The summed E-state index contributed by atoms with van der Waals surface area (Å²) in [6, 6.07) is 0.0937. The van der Waals surface area contributed by atoms with E-state index in [0.717, 1.165) is 6.42 Å². The fourth-order valence-electron chi connectivity index (χ4n) is 1.25. The quantitative estimate of drug-likeness (QED) is 0.713. The van der Waals surface area contributed by atoms with Crippen LogP contribution in [0.15, 0.2) is 12.4 Å². The van der Waals surface area contributed by atoms with Crippen LogP contribution in [-0.4, -0.2) is 18.7 Å². The molecule has 0 saturated heterocycles. The molecule has 3 N–H and O–H groups in total. The molecule has 0 aromatic carbocycles. The maximum atomic E-state index is 5.93. The number of nitrogens with two attached hydrogens (primary N) is 1. The van der Waals surface area contributed by atoms with Gasteiger partial charge in [-0.05, 0) is 24.5 Å². The Morgan fingerprint density at radius 1 is 1.58 bits per heavy atom. The lowest BCUT2D eigenvalue weighted by molar-refractivity contribution is 0.188. The summed E-state index contributed by atoms with van der Waals surface area (Å²) in [5.74, 6) is 0. The number of aromatic amines is 1. The standard InChI is InChI=1S/C9H16N2O/c1-7-5-11-6-8(7)9(10)3-4-12-2/h5-6,9,11H,3-4,10H2,1-2H3/t9-/m0/s1. The van der Waals surface area contributed by atoms with Crippen molar-refractivity contribution in [2.75, 3.05) is 13.7 Å². The third kappa shape index (κ3) is 2.09. The molecular formula is C9H16N2O. The van der Waals surface area contributed by atoms with E-state index in [1.807, 2.05) is 12.4 Å². The predicted octanol–water partition coefficient (Wildman–Crippen LogP) is 1.36. The molecule has 0 spiro atoms. The summed E-state index contributed by atoms with van der Waals surface area (Å²) >= 11 is 0. The van der Waals surface area contributed by atoms with Gasteiger partial charge in [-0.25, -0.2) is 0 Å². The lowest BCUT2D eigenvalue weighted by Crippen LogP contribution is -2.12. The first-order valence-electron chi connectivity index (χ1n) is 4.13. The summed E-state index contributed by atoms with van der Waals surface area (Å²) in [5.41, 5.74) is 8.33. The molecule has 0 aliphatic carbocycles. The second-order valence-corrected chi connectivity index (χ2v) is 2.98. The van der Waals surface area contributed by atoms with Crippen LogP contribution in [0.2, 0.25) is 0 Å². The third-order valence-corrected chi connectivity index (χ3v) is 2.03. The lowest BCUT2D eigenvalue weighted by atomic mass is 10.1. The van der Waals surface area contributed by atoms with Gasteiger partial charge in [0.1, 0.15) is 0 Å². The number of hydrogen-bond acceptors (Lipinski definition) is 2. The van der Waals surface area contributed by atoms with E-state index in [1.165, 1.54) is 11.1 Å². The first-order chi connectivity index (χ1) is 5.75. The number of rotatable bonds is 4. The van der Waals surface area contributed by atoms with Crippen LogP contribution < -0.4 is 5.73 Å². The summed E-state index contributed by atoms with van der Waals surface area (Å²) in [4.78, 5) is 3.03. The number of ether oxygens (including phenoxy) is 1. The molecule has 0 amide bonds. The summed E-state index contributed by atoms with van der Waals surface area (Å²) in [7, 11) is 1.69. The molecule has 3 nitrogen and oxygen atoms in total. The van der Waals surface area contributed by atoms with Crippen LogP contribution in [0, 0.1) is 6.92 Å². The molecule has 3 heteroatoms. The van der Waals surface area contributed by atoms with Gasteiger partial charge in [0, 0.05) is 32.2 Å². The Kier molecular flexibility index (Phi) is 3.31. The molecule has 1 aromatic heterocycles. The van der Waals surface area contributed by atoms with Crippen LogP contribution in [0.5, 0.6) is 0 Å². The SMILES string of the molecule is COCC[C@H](N)c1c[nH]cc1C. The Labute approximate surface area is 72.9 Å². The van der Waals surface area contributed by atoms with Crippen LogP contribution in [0.3, 0.4) is 0 Å². The minimum absolute atomic E-state index is 0.0937. The highest BCUT2D eigenvalue weighted by Crippen LogP contribution is 2.17. The molecule has 1 rings (SSSR count). The molecule has 0 fully saturated rings. The molecular weight excluding hydrogens is 152 g/mol. The van der Waals surface area contributed by atoms with Crippen molar-refractivity contribution in [2.45, 2.75) is 19.4 Å². The van der Waals surface area contributed by atoms with E-state index in [-0.39, 0.29) is 6.04 Å². The average Bonchev–Trinajstić information content (AvgIpc) is 2.47. The van der Waals surface area contributed by atoms with Gasteiger partial charge in [0.2, 0.25) is 0 Å². The second-order valence-electron chi connectivity index (χ2n) is 2.98. The molecule has 68 valence electrons. The van der Waals surface area contributed by atoms with Gasteiger partial charge in [0.05, 0.1) is 0 Å². The molecule has 1 aromatic rings. The fourth-order valence-corrected chi connectivity index (χ4v) is 1.25. The van der Waals surface area contributed by atoms with Crippen molar-refractivity contribution in [3.05, 3.63) is 23.5 Å². The van der Waals surface area contributed by atoms with Crippen molar-refractivity contribution in [1.82, 2.24) is 4.98 Å². The summed E-state index contributed by atoms with van der Waals surface area (Å²) in [5, 5.41) is 0. The van der Waals surface area contributed by atoms with E-state index in [0.29, 0.717) is 6.61 Å². The molecule has 0 saturated carbocycles. The van der Waals surface area contributed by atoms with Crippen LogP contribution in [0.25, 0.3) is 0 Å². The zero-order chi connectivity index (χ0) is 8.97. The third-order valence-electron chi connectivity index (χ3n) is 2.03.